The molecular formula is C24H30ClN3O4. The molecule has 7 nitrogen and oxygen atoms in total. The summed E-state index contributed by atoms with van der Waals surface area (Å²) in [7, 11) is 0. The number of hydrogen-bond acceptors (Lipinski definition) is 6. The topological polar surface area (TPSA) is 84.8 Å². The molecular weight excluding hydrogens is 430 g/mol. The molecule has 1 aromatic heterocycles. The normalized spacial score (nSPS) is 20.8. The second kappa shape index (κ2) is 10.4. The molecule has 0 spiro atoms. The standard InChI is InChI=1S/C24H30ClN3O4/c1-2-31-20-14-26-24(27-15-20)28-8-5-16(6-9-28)21-11-17(21)7-10-32-19-4-3-18(12-23(29)30)22(25)13-19/h3-4,13-17,21H,2,5-12H2,1H3,(H,29,30)/t17-,21-/m1/s1. The van der Waals surface area contributed by atoms with Gasteiger partial charge in [0.2, 0.25) is 5.95 Å². The number of benzene rings is 1. The van der Waals surface area contributed by atoms with E-state index in [9.17, 15) is 4.79 Å². The minimum Gasteiger partial charge on any atom is -0.494 e. The fourth-order valence-corrected chi connectivity index (χ4v) is 4.91. The third-order valence-corrected chi connectivity index (χ3v) is 6.81. The Hall–Kier alpha value is -2.54. The second-order valence-corrected chi connectivity index (χ2v) is 9.00. The van der Waals surface area contributed by atoms with E-state index in [1.807, 2.05) is 6.92 Å². The van der Waals surface area contributed by atoms with Gasteiger partial charge in [-0.05, 0) is 68.1 Å². The number of anilines is 1. The SMILES string of the molecule is CCOc1cnc(N2CCC([C@H]3C[C@H]3CCOc3ccc(CC(=O)O)c(Cl)c3)CC2)nc1. The van der Waals surface area contributed by atoms with Gasteiger partial charge in [-0.15, -0.1) is 0 Å². The van der Waals surface area contributed by atoms with Crippen LogP contribution in [0.2, 0.25) is 5.02 Å². The molecule has 2 aliphatic rings. The van der Waals surface area contributed by atoms with Gasteiger partial charge >= 0.3 is 5.97 Å². The number of aliphatic carboxylic acids is 1. The zero-order valence-electron chi connectivity index (χ0n) is 18.4. The molecule has 0 amide bonds. The quantitative estimate of drug-likeness (QED) is 0.560. The molecule has 172 valence electrons. The van der Waals surface area contributed by atoms with Gasteiger partial charge in [0.05, 0.1) is 32.0 Å². The van der Waals surface area contributed by atoms with E-state index in [0.29, 0.717) is 35.3 Å². The molecule has 1 aliphatic carbocycles. The van der Waals surface area contributed by atoms with Crippen LogP contribution in [0.25, 0.3) is 0 Å². The highest BCUT2D eigenvalue weighted by atomic mass is 35.5. The molecule has 1 N–H and O–H groups in total. The van der Waals surface area contributed by atoms with E-state index < -0.39 is 5.97 Å². The van der Waals surface area contributed by atoms with Crippen LogP contribution < -0.4 is 14.4 Å². The number of hydrogen-bond donors (Lipinski definition) is 1. The predicted octanol–water partition coefficient (Wildman–Crippen LogP) is 4.48. The van der Waals surface area contributed by atoms with E-state index in [4.69, 9.17) is 26.2 Å². The Kier molecular flexibility index (Phi) is 7.35. The van der Waals surface area contributed by atoms with E-state index in [-0.39, 0.29) is 6.42 Å². The number of carboxylic acid groups (broad SMARTS) is 1. The average molecular weight is 460 g/mol. The Bertz CT molecular complexity index is 916. The number of halogens is 1. The molecule has 1 aliphatic heterocycles. The van der Waals surface area contributed by atoms with Crippen LogP contribution in [0.1, 0.15) is 38.2 Å². The number of piperidine rings is 1. The van der Waals surface area contributed by atoms with Gasteiger partial charge in [-0.25, -0.2) is 9.97 Å². The Labute approximate surface area is 193 Å². The number of rotatable bonds is 10. The number of carbonyl (C=O) groups is 1. The van der Waals surface area contributed by atoms with Crippen molar-refractivity contribution in [1.29, 1.82) is 0 Å². The van der Waals surface area contributed by atoms with Crippen LogP contribution in [-0.4, -0.2) is 47.3 Å². The molecule has 2 aromatic rings. The average Bonchev–Trinajstić information content (AvgIpc) is 3.56. The van der Waals surface area contributed by atoms with Crippen LogP contribution in [-0.2, 0) is 11.2 Å². The van der Waals surface area contributed by atoms with Crippen LogP contribution in [0.3, 0.4) is 0 Å². The van der Waals surface area contributed by atoms with E-state index >= 15 is 0 Å². The molecule has 8 heteroatoms. The number of nitrogens with zero attached hydrogens (tertiary/aromatic N) is 3. The molecule has 2 atom stereocenters. The minimum atomic E-state index is -0.891. The van der Waals surface area contributed by atoms with Crippen LogP contribution in [0, 0.1) is 17.8 Å². The van der Waals surface area contributed by atoms with Crippen molar-refractivity contribution in [2.24, 2.45) is 17.8 Å². The summed E-state index contributed by atoms with van der Waals surface area (Å²) in [6, 6.07) is 5.24. The first-order chi connectivity index (χ1) is 15.5. The highest BCUT2D eigenvalue weighted by Gasteiger charge is 2.43. The lowest BCUT2D eigenvalue weighted by atomic mass is 9.90. The number of carboxylic acids is 1. The minimum absolute atomic E-state index is 0.0770. The van der Waals surface area contributed by atoms with Crippen molar-refractivity contribution in [2.75, 3.05) is 31.2 Å². The van der Waals surface area contributed by atoms with Gasteiger partial charge in [0.25, 0.3) is 0 Å². The first kappa shape index (κ1) is 22.6. The lowest BCUT2D eigenvalue weighted by Gasteiger charge is -2.32. The molecule has 2 fully saturated rings. The number of aromatic nitrogens is 2. The third-order valence-electron chi connectivity index (χ3n) is 6.45. The summed E-state index contributed by atoms with van der Waals surface area (Å²) in [5.74, 6) is 3.61. The summed E-state index contributed by atoms with van der Waals surface area (Å²) in [4.78, 5) is 22.0. The van der Waals surface area contributed by atoms with Crippen molar-refractivity contribution >= 4 is 23.5 Å². The smallest absolute Gasteiger partial charge is 0.307 e. The van der Waals surface area contributed by atoms with Gasteiger partial charge in [-0.1, -0.05) is 17.7 Å². The zero-order chi connectivity index (χ0) is 22.5. The number of ether oxygens (including phenoxy) is 2. The molecule has 4 rings (SSSR count). The summed E-state index contributed by atoms with van der Waals surface area (Å²) in [6.45, 7) is 5.23. The maximum absolute atomic E-state index is 10.8. The van der Waals surface area contributed by atoms with Crippen molar-refractivity contribution in [3.63, 3.8) is 0 Å². The van der Waals surface area contributed by atoms with Gasteiger partial charge in [0, 0.05) is 18.1 Å². The molecule has 32 heavy (non-hydrogen) atoms. The fraction of sp³-hybridized carbons (Fsp3) is 0.542. The van der Waals surface area contributed by atoms with Crippen LogP contribution >= 0.6 is 11.6 Å². The van der Waals surface area contributed by atoms with Crippen LogP contribution in [0.4, 0.5) is 5.95 Å². The van der Waals surface area contributed by atoms with Gasteiger partial charge in [0.1, 0.15) is 5.75 Å². The summed E-state index contributed by atoms with van der Waals surface area (Å²) in [6.07, 6.45) is 8.11. The molecule has 1 aromatic carbocycles. The first-order valence-corrected chi connectivity index (χ1v) is 11.7. The Morgan fingerprint density at radius 2 is 1.94 bits per heavy atom. The zero-order valence-corrected chi connectivity index (χ0v) is 19.1. The maximum atomic E-state index is 10.8. The Balaban J connectivity index is 1.17. The maximum Gasteiger partial charge on any atom is 0.307 e. The summed E-state index contributed by atoms with van der Waals surface area (Å²) in [5.41, 5.74) is 0.607. The molecule has 0 radical (unpaired) electrons. The van der Waals surface area contributed by atoms with E-state index in [0.717, 1.165) is 43.2 Å². The lowest BCUT2D eigenvalue weighted by Crippen LogP contribution is -2.35. The monoisotopic (exact) mass is 459 g/mol. The molecule has 1 saturated carbocycles. The van der Waals surface area contributed by atoms with Crippen molar-refractivity contribution in [3.8, 4) is 11.5 Å². The fourth-order valence-electron chi connectivity index (χ4n) is 4.67. The van der Waals surface area contributed by atoms with Gasteiger partial charge < -0.3 is 19.5 Å². The van der Waals surface area contributed by atoms with Crippen LogP contribution in [0.15, 0.2) is 30.6 Å². The largest absolute Gasteiger partial charge is 0.494 e. The second-order valence-electron chi connectivity index (χ2n) is 8.60. The summed E-state index contributed by atoms with van der Waals surface area (Å²) < 4.78 is 11.3. The van der Waals surface area contributed by atoms with E-state index in [2.05, 4.69) is 14.9 Å². The molecule has 2 heterocycles. The molecule has 0 unspecified atom stereocenters. The van der Waals surface area contributed by atoms with Gasteiger partial charge in [-0.3, -0.25) is 4.79 Å². The lowest BCUT2D eigenvalue weighted by molar-refractivity contribution is -0.136. The molecule has 1 saturated heterocycles. The Morgan fingerprint density at radius 1 is 1.19 bits per heavy atom. The van der Waals surface area contributed by atoms with Crippen molar-refractivity contribution in [3.05, 3.63) is 41.2 Å². The van der Waals surface area contributed by atoms with Crippen molar-refractivity contribution in [2.45, 2.75) is 39.0 Å². The Morgan fingerprint density at radius 3 is 2.59 bits per heavy atom. The first-order valence-electron chi connectivity index (χ1n) is 11.4. The van der Waals surface area contributed by atoms with Gasteiger partial charge in [-0.2, -0.15) is 0 Å². The van der Waals surface area contributed by atoms with Crippen molar-refractivity contribution in [1.82, 2.24) is 9.97 Å². The van der Waals surface area contributed by atoms with Crippen molar-refractivity contribution < 1.29 is 19.4 Å². The van der Waals surface area contributed by atoms with E-state index in [1.165, 1.54) is 19.3 Å². The van der Waals surface area contributed by atoms with E-state index in [1.54, 1.807) is 30.6 Å². The van der Waals surface area contributed by atoms with Crippen LogP contribution in [0.5, 0.6) is 11.5 Å². The molecule has 0 bridgehead atoms. The highest BCUT2D eigenvalue weighted by molar-refractivity contribution is 6.31. The summed E-state index contributed by atoms with van der Waals surface area (Å²) in [5, 5.41) is 9.34. The summed E-state index contributed by atoms with van der Waals surface area (Å²) >= 11 is 6.17. The highest BCUT2D eigenvalue weighted by Crippen LogP contribution is 2.49. The predicted molar refractivity (Wildman–Crippen MR) is 123 cm³/mol. The van der Waals surface area contributed by atoms with Gasteiger partial charge in [0.15, 0.2) is 5.75 Å². The third kappa shape index (κ3) is 5.82.